The molecule has 4 fully saturated rings. The quantitative estimate of drug-likeness (QED) is 0.389. The first-order valence-corrected chi connectivity index (χ1v) is 14.9. The standard InChI is InChI=1S/C31H50O5/c1-5-22-11-13-23(36-28-8-6-7-19-35-28)12-9-20(2)24-17-18-31(4)25(21(3)10-16-27(32)33)14-15-26(31)29(24)30(22)34/h5,20-21,23-26,28-29H,6-19H2,1-4H3,(H,32,33)/b22-5+/t20-,21+,23+,24?,25?,26?,28?,29?,31+/m0/s1. The number of carboxylic acid groups (broad SMARTS) is 1. The highest BCUT2D eigenvalue weighted by atomic mass is 16.7. The minimum absolute atomic E-state index is 0.0755. The first-order chi connectivity index (χ1) is 17.2. The molecule has 0 aromatic heterocycles. The van der Waals surface area contributed by atoms with E-state index < -0.39 is 5.97 Å². The summed E-state index contributed by atoms with van der Waals surface area (Å²) >= 11 is 0. The van der Waals surface area contributed by atoms with Crippen LogP contribution >= 0.6 is 0 Å². The van der Waals surface area contributed by atoms with Crippen LogP contribution in [-0.4, -0.2) is 35.9 Å². The van der Waals surface area contributed by atoms with Crippen molar-refractivity contribution in [2.24, 2.45) is 40.9 Å². The third-order valence-corrected chi connectivity index (χ3v) is 10.8. The molecule has 1 saturated heterocycles. The molecule has 5 heteroatoms. The number of allylic oxidation sites excluding steroid dienone is 2. The molecule has 5 nitrogen and oxygen atoms in total. The third-order valence-electron chi connectivity index (χ3n) is 10.8. The van der Waals surface area contributed by atoms with Crippen molar-refractivity contribution in [1.82, 2.24) is 0 Å². The summed E-state index contributed by atoms with van der Waals surface area (Å²) in [6, 6.07) is 0. The van der Waals surface area contributed by atoms with E-state index in [-0.39, 0.29) is 30.1 Å². The molecule has 0 spiro atoms. The van der Waals surface area contributed by atoms with Gasteiger partial charge in [0.2, 0.25) is 0 Å². The first-order valence-electron chi connectivity index (χ1n) is 14.9. The molecule has 1 N–H and O–H groups in total. The Labute approximate surface area is 218 Å². The van der Waals surface area contributed by atoms with Crippen LogP contribution in [0.15, 0.2) is 11.6 Å². The lowest BCUT2D eigenvalue weighted by molar-refractivity contribution is -0.191. The molecular weight excluding hydrogens is 452 g/mol. The number of carboxylic acids is 1. The minimum atomic E-state index is -0.698. The zero-order valence-electron chi connectivity index (χ0n) is 23.2. The molecule has 4 aliphatic rings. The van der Waals surface area contributed by atoms with E-state index >= 15 is 0 Å². The molecule has 0 radical (unpaired) electrons. The Morgan fingerprint density at radius 2 is 1.97 bits per heavy atom. The van der Waals surface area contributed by atoms with Crippen LogP contribution in [-0.2, 0) is 19.1 Å². The normalized spacial score (nSPS) is 41.9. The molecule has 0 bridgehead atoms. The van der Waals surface area contributed by atoms with E-state index in [1.165, 1.54) is 12.8 Å². The van der Waals surface area contributed by atoms with Gasteiger partial charge in [-0.25, -0.2) is 0 Å². The predicted octanol–water partition coefficient (Wildman–Crippen LogP) is 7.18. The number of carbonyl (C=O) groups excluding carboxylic acids is 1. The Bertz CT molecular complexity index is 799. The van der Waals surface area contributed by atoms with Crippen LogP contribution in [0.5, 0.6) is 0 Å². The summed E-state index contributed by atoms with van der Waals surface area (Å²) in [5.74, 6) is 2.07. The molecule has 3 saturated carbocycles. The summed E-state index contributed by atoms with van der Waals surface area (Å²) < 4.78 is 12.3. The van der Waals surface area contributed by atoms with Crippen LogP contribution in [0.2, 0.25) is 0 Å². The molecular formula is C31H50O5. The second-order valence-electron chi connectivity index (χ2n) is 12.8. The maximum atomic E-state index is 14.2. The Balaban J connectivity index is 1.51. The number of fused-ring (bicyclic) bond motifs is 3. The molecule has 5 unspecified atom stereocenters. The number of ketones is 1. The highest BCUT2D eigenvalue weighted by Crippen LogP contribution is 2.63. The van der Waals surface area contributed by atoms with E-state index in [9.17, 15) is 14.7 Å². The Hall–Kier alpha value is -1.20. The van der Waals surface area contributed by atoms with E-state index in [1.807, 2.05) is 6.92 Å². The number of ether oxygens (including phenoxy) is 2. The number of aliphatic carboxylic acids is 1. The molecule has 4 rings (SSSR count). The zero-order valence-corrected chi connectivity index (χ0v) is 23.2. The molecule has 9 atom stereocenters. The number of Topliss-reactive ketones (excluding diaryl/α,β-unsaturated/α-hetero) is 1. The van der Waals surface area contributed by atoms with E-state index in [4.69, 9.17) is 9.47 Å². The fourth-order valence-electron chi connectivity index (χ4n) is 8.63. The summed E-state index contributed by atoms with van der Waals surface area (Å²) in [7, 11) is 0. The monoisotopic (exact) mass is 502 g/mol. The second-order valence-corrected chi connectivity index (χ2v) is 12.8. The van der Waals surface area contributed by atoms with Crippen molar-refractivity contribution in [3.05, 3.63) is 11.6 Å². The Kier molecular flexibility index (Phi) is 9.36. The molecule has 1 aliphatic heterocycles. The summed E-state index contributed by atoms with van der Waals surface area (Å²) in [5, 5.41) is 9.23. The maximum absolute atomic E-state index is 14.2. The van der Waals surface area contributed by atoms with Gasteiger partial charge in [0.15, 0.2) is 12.1 Å². The maximum Gasteiger partial charge on any atom is 0.303 e. The lowest BCUT2D eigenvalue weighted by Crippen LogP contribution is -2.48. The van der Waals surface area contributed by atoms with Gasteiger partial charge in [0.1, 0.15) is 0 Å². The van der Waals surface area contributed by atoms with Gasteiger partial charge in [0, 0.05) is 18.9 Å². The first kappa shape index (κ1) is 27.8. The summed E-state index contributed by atoms with van der Waals surface area (Å²) in [6.07, 6.45) is 14.8. The summed E-state index contributed by atoms with van der Waals surface area (Å²) in [4.78, 5) is 25.5. The topological polar surface area (TPSA) is 72.8 Å². The van der Waals surface area contributed by atoms with Gasteiger partial charge >= 0.3 is 5.97 Å². The fraction of sp³-hybridized carbons (Fsp3) is 0.871. The lowest BCUT2D eigenvalue weighted by atomic mass is 9.53. The molecule has 3 aliphatic carbocycles. The van der Waals surface area contributed by atoms with Crippen molar-refractivity contribution in [3.8, 4) is 0 Å². The lowest BCUT2D eigenvalue weighted by Gasteiger charge is -2.51. The van der Waals surface area contributed by atoms with Crippen molar-refractivity contribution in [1.29, 1.82) is 0 Å². The van der Waals surface area contributed by atoms with Gasteiger partial charge in [0.25, 0.3) is 0 Å². The minimum Gasteiger partial charge on any atom is -0.481 e. The van der Waals surface area contributed by atoms with Crippen LogP contribution in [0.25, 0.3) is 0 Å². The fourth-order valence-corrected chi connectivity index (χ4v) is 8.63. The van der Waals surface area contributed by atoms with E-state index in [0.717, 1.165) is 76.4 Å². The van der Waals surface area contributed by atoms with Crippen LogP contribution in [0.3, 0.4) is 0 Å². The third kappa shape index (κ3) is 5.93. The zero-order chi connectivity index (χ0) is 25.9. The van der Waals surface area contributed by atoms with E-state index in [2.05, 4.69) is 26.8 Å². The highest BCUT2D eigenvalue weighted by Gasteiger charge is 2.57. The average molecular weight is 503 g/mol. The van der Waals surface area contributed by atoms with Gasteiger partial charge in [-0.3, -0.25) is 9.59 Å². The van der Waals surface area contributed by atoms with E-state index in [1.54, 1.807) is 0 Å². The van der Waals surface area contributed by atoms with Crippen molar-refractivity contribution in [2.75, 3.05) is 6.61 Å². The van der Waals surface area contributed by atoms with Gasteiger partial charge in [-0.1, -0.05) is 26.8 Å². The molecule has 0 aromatic carbocycles. The van der Waals surface area contributed by atoms with Crippen LogP contribution in [0.4, 0.5) is 0 Å². The van der Waals surface area contributed by atoms with Crippen molar-refractivity contribution >= 4 is 11.8 Å². The smallest absolute Gasteiger partial charge is 0.303 e. The molecule has 36 heavy (non-hydrogen) atoms. The van der Waals surface area contributed by atoms with Gasteiger partial charge in [0.05, 0.1) is 6.10 Å². The Morgan fingerprint density at radius 3 is 2.67 bits per heavy atom. The van der Waals surface area contributed by atoms with Crippen LogP contribution < -0.4 is 0 Å². The number of hydrogen-bond donors (Lipinski definition) is 1. The van der Waals surface area contributed by atoms with Gasteiger partial charge in [-0.2, -0.15) is 0 Å². The van der Waals surface area contributed by atoms with E-state index in [0.29, 0.717) is 35.4 Å². The molecule has 0 aromatic rings. The van der Waals surface area contributed by atoms with Crippen LogP contribution in [0, 0.1) is 40.9 Å². The van der Waals surface area contributed by atoms with Crippen molar-refractivity contribution in [2.45, 2.75) is 124 Å². The number of rotatable bonds is 6. The highest BCUT2D eigenvalue weighted by molar-refractivity contribution is 5.97. The van der Waals surface area contributed by atoms with Crippen molar-refractivity contribution in [3.63, 3.8) is 0 Å². The van der Waals surface area contributed by atoms with Gasteiger partial charge in [-0.15, -0.1) is 0 Å². The number of carbonyl (C=O) groups is 2. The second kappa shape index (κ2) is 12.1. The number of hydrogen-bond acceptors (Lipinski definition) is 4. The Morgan fingerprint density at radius 1 is 1.17 bits per heavy atom. The van der Waals surface area contributed by atoms with Gasteiger partial charge in [-0.05, 0) is 125 Å². The molecule has 1 heterocycles. The molecule has 0 amide bonds. The molecule has 204 valence electrons. The summed E-state index contributed by atoms with van der Waals surface area (Å²) in [6.45, 7) is 9.89. The average Bonchev–Trinajstić information content (AvgIpc) is 3.22. The van der Waals surface area contributed by atoms with Crippen LogP contribution in [0.1, 0.15) is 111 Å². The van der Waals surface area contributed by atoms with Gasteiger partial charge < -0.3 is 14.6 Å². The van der Waals surface area contributed by atoms with Crippen molar-refractivity contribution < 1.29 is 24.2 Å². The SMILES string of the molecule is C/C=C1\CC[C@H](OC2CCCCO2)CC[C@H](C)C2CC[C@@]3(C)C(CCC3[C@H](C)CCC(=O)O)C2C1=O. The largest absolute Gasteiger partial charge is 0.481 e. The summed E-state index contributed by atoms with van der Waals surface area (Å²) in [5.41, 5.74) is 1.14. The predicted molar refractivity (Wildman–Crippen MR) is 141 cm³/mol.